The molecule has 1 fully saturated rings. The van der Waals surface area contributed by atoms with Crippen LogP contribution in [0.15, 0.2) is 36.4 Å². The minimum atomic E-state index is -0.706. The Bertz CT molecular complexity index is 672. The van der Waals surface area contributed by atoms with E-state index >= 15 is 0 Å². The van der Waals surface area contributed by atoms with E-state index in [-0.39, 0.29) is 24.3 Å². The van der Waals surface area contributed by atoms with Crippen molar-refractivity contribution in [3.05, 3.63) is 42.0 Å². The van der Waals surface area contributed by atoms with Gasteiger partial charge < -0.3 is 9.80 Å². The molecule has 6 heteroatoms. The summed E-state index contributed by atoms with van der Waals surface area (Å²) in [5, 5.41) is 0. The Morgan fingerprint density at radius 3 is 2.46 bits per heavy atom. The van der Waals surface area contributed by atoms with Gasteiger partial charge in [-0.05, 0) is 12.0 Å². The first-order valence-corrected chi connectivity index (χ1v) is 8.99. The maximum Gasteiger partial charge on any atom is 0.326 e. The van der Waals surface area contributed by atoms with E-state index in [0.29, 0.717) is 13.1 Å². The van der Waals surface area contributed by atoms with Crippen LogP contribution >= 0.6 is 0 Å². The first-order chi connectivity index (χ1) is 12.5. The summed E-state index contributed by atoms with van der Waals surface area (Å²) in [5.41, 5.74) is 1.08. The molecule has 1 atom stereocenters. The molecule has 140 valence electrons. The Labute approximate surface area is 155 Å². The second-order valence-corrected chi connectivity index (χ2v) is 6.52. The van der Waals surface area contributed by atoms with Crippen LogP contribution in [0, 0.1) is 0 Å². The molecule has 6 nitrogen and oxygen atoms in total. The van der Waals surface area contributed by atoms with Gasteiger partial charge in [-0.3, -0.25) is 14.5 Å². The van der Waals surface area contributed by atoms with Crippen molar-refractivity contribution in [3.63, 3.8) is 0 Å². The lowest BCUT2D eigenvalue weighted by molar-refractivity contribution is -0.136. The molecule has 1 saturated heterocycles. The molecule has 1 aromatic carbocycles. The van der Waals surface area contributed by atoms with Gasteiger partial charge in [-0.2, -0.15) is 0 Å². The summed E-state index contributed by atoms with van der Waals surface area (Å²) in [5.74, 6) is -0.425. The van der Waals surface area contributed by atoms with E-state index in [1.165, 1.54) is 11.9 Å². The van der Waals surface area contributed by atoms with Gasteiger partial charge in [0.05, 0.1) is 6.42 Å². The zero-order valence-electron chi connectivity index (χ0n) is 15.7. The van der Waals surface area contributed by atoms with E-state index in [1.807, 2.05) is 42.5 Å². The topological polar surface area (TPSA) is 60.9 Å². The van der Waals surface area contributed by atoms with Crippen molar-refractivity contribution in [1.82, 2.24) is 14.7 Å². The smallest absolute Gasteiger partial charge is 0.326 e. The minimum Gasteiger partial charge on any atom is -0.339 e. The lowest BCUT2D eigenvalue weighted by Gasteiger charge is -2.24. The number of rotatable bonds is 8. The van der Waals surface area contributed by atoms with Gasteiger partial charge in [0.1, 0.15) is 6.04 Å². The Morgan fingerprint density at radius 2 is 1.88 bits per heavy atom. The van der Waals surface area contributed by atoms with Crippen molar-refractivity contribution in [2.24, 2.45) is 0 Å². The summed E-state index contributed by atoms with van der Waals surface area (Å²) in [6.07, 6.45) is 5.85. The number of nitrogens with zero attached hydrogens (tertiary/aromatic N) is 3. The third kappa shape index (κ3) is 4.71. The van der Waals surface area contributed by atoms with Crippen LogP contribution in [0.4, 0.5) is 4.79 Å². The van der Waals surface area contributed by atoms with Crippen LogP contribution in [0.25, 0.3) is 6.08 Å². The average molecular weight is 357 g/mol. The molecule has 26 heavy (non-hydrogen) atoms. The van der Waals surface area contributed by atoms with Crippen molar-refractivity contribution in [1.29, 1.82) is 0 Å². The number of imide groups is 1. The van der Waals surface area contributed by atoms with Crippen LogP contribution in [-0.2, 0) is 9.59 Å². The molecule has 0 radical (unpaired) electrons. The average Bonchev–Trinajstić information content (AvgIpc) is 2.83. The second-order valence-electron chi connectivity index (χ2n) is 6.52. The normalized spacial score (nSPS) is 17.4. The molecule has 0 bridgehead atoms. The van der Waals surface area contributed by atoms with E-state index in [9.17, 15) is 14.4 Å². The number of likely N-dealkylation sites (N-methyl/N-ethyl adjacent to an activating group) is 2. The molecule has 1 aromatic rings. The van der Waals surface area contributed by atoms with Crippen LogP contribution in [-0.4, -0.2) is 65.8 Å². The van der Waals surface area contributed by atoms with E-state index in [1.54, 1.807) is 11.9 Å². The highest BCUT2D eigenvalue weighted by Gasteiger charge is 2.42. The number of benzene rings is 1. The highest BCUT2D eigenvalue weighted by atomic mass is 16.2. The molecule has 0 aromatic heterocycles. The first kappa shape index (κ1) is 19.7. The fourth-order valence-electron chi connectivity index (χ4n) is 2.92. The maximum atomic E-state index is 12.7. The standard InChI is InChI=1S/C20H27N3O3/c1-4-5-13-23(14-9-12-16-10-7-6-8-11-16)18(24)15-17-19(25)22(3)20(26)21(17)2/h6-12,17H,4-5,13-15H2,1-3H3/b12-9+. The Kier molecular flexibility index (Phi) is 6.95. The Balaban J connectivity index is 2.01. The summed E-state index contributed by atoms with van der Waals surface area (Å²) >= 11 is 0. The van der Waals surface area contributed by atoms with Gasteiger partial charge in [-0.15, -0.1) is 0 Å². The number of carbonyl (C=O) groups is 3. The molecule has 0 aliphatic carbocycles. The maximum absolute atomic E-state index is 12.7. The molecule has 1 unspecified atom stereocenters. The number of carbonyl (C=O) groups excluding carboxylic acids is 3. The molecule has 0 N–H and O–H groups in total. The van der Waals surface area contributed by atoms with E-state index in [4.69, 9.17) is 0 Å². The lowest BCUT2D eigenvalue weighted by Crippen LogP contribution is -2.40. The van der Waals surface area contributed by atoms with E-state index in [2.05, 4.69) is 6.92 Å². The van der Waals surface area contributed by atoms with Crippen LogP contribution in [0.1, 0.15) is 31.7 Å². The fraction of sp³-hybridized carbons (Fsp3) is 0.450. The molecule has 1 aliphatic rings. The van der Waals surface area contributed by atoms with E-state index < -0.39 is 6.04 Å². The van der Waals surface area contributed by atoms with Gasteiger partial charge in [0.2, 0.25) is 5.91 Å². The zero-order valence-corrected chi connectivity index (χ0v) is 15.7. The Morgan fingerprint density at radius 1 is 1.19 bits per heavy atom. The van der Waals surface area contributed by atoms with Crippen molar-refractivity contribution >= 4 is 23.9 Å². The number of unbranched alkanes of at least 4 members (excludes halogenated alkanes) is 1. The molecule has 0 spiro atoms. The number of amides is 4. The number of hydrogen-bond donors (Lipinski definition) is 0. The lowest BCUT2D eigenvalue weighted by atomic mass is 10.1. The summed E-state index contributed by atoms with van der Waals surface area (Å²) in [6, 6.07) is 8.83. The SMILES string of the molecule is CCCCN(C/C=C/c1ccccc1)C(=O)CC1C(=O)N(C)C(=O)N1C. The molecule has 1 aliphatic heterocycles. The predicted molar refractivity (Wildman–Crippen MR) is 101 cm³/mol. The summed E-state index contributed by atoms with van der Waals surface area (Å²) in [4.78, 5) is 41.0. The largest absolute Gasteiger partial charge is 0.339 e. The van der Waals surface area contributed by atoms with Gasteiger partial charge in [0.25, 0.3) is 5.91 Å². The molecule has 2 rings (SSSR count). The van der Waals surface area contributed by atoms with Crippen LogP contribution in [0.5, 0.6) is 0 Å². The highest BCUT2D eigenvalue weighted by molar-refractivity contribution is 6.05. The fourth-order valence-corrected chi connectivity index (χ4v) is 2.92. The summed E-state index contributed by atoms with van der Waals surface area (Å²) < 4.78 is 0. The van der Waals surface area contributed by atoms with Crippen molar-refractivity contribution < 1.29 is 14.4 Å². The van der Waals surface area contributed by atoms with Gasteiger partial charge in [-0.1, -0.05) is 55.8 Å². The highest BCUT2D eigenvalue weighted by Crippen LogP contribution is 2.18. The van der Waals surface area contributed by atoms with Gasteiger partial charge in [0.15, 0.2) is 0 Å². The predicted octanol–water partition coefficient (Wildman–Crippen LogP) is 2.61. The molecular formula is C20H27N3O3. The third-order valence-corrected chi connectivity index (χ3v) is 4.61. The molecular weight excluding hydrogens is 330 g/mol. The monoisotopic (exact) mass is 357 g/mol. The Hall–Kier alpha value is -2.63. The second kappa shape index (κ2) is 9.17. The molecule has 0 saturated carbocycles. The van der Waals surface area contributed by atoms with Gasteiger partial charge in [-0.25, -0.2) is 4.79 Å². The third-order valence-electron chi connectivity index (χ3n) is 4.61. The van der Waals surface area contributed by atoms with Gasteiger partial charge in [0, 0.05) is 27.2 Å². The minimum absolute atomic E-state index is 0.0221. The molecule has 4 amide bonds. The number of urea groups is 1. The van der Waals surface area contributed by atoms with Crippen LogP contribution in [0.3, 0.4) is 0 Å². The van der Waals surface area contributed by atoms with Crippen LogP contribution < -0.4 is 0 Å². The van der Waals surface area contributed by atoms with E-state index in [0.717, 1.165) is 23.3 Å². The molecule has 1 heterocycles. The quantitative estimate of drug-likeness (QED) is 0.672. The summed E-state index contributed by atoms with van der Waals surface area (Å²) in [6.45, 7) is 3.20. The zero-order chi connectivity index (χ0) is 19.1. The first-order valence-electron chi connectivity index (χ1n) is 8.99. The number of hydrogen-bond acceptors (Lipinski definition) is 3. The van der Waals surface area contributed by atoms with Crippen molar-refractivity contribution in [2.45, 2.75) is 32.2 Å². The summed E-state index contributed by atoms with van der Waals surface area (Å²) in [7, 11) is 3.01. The van der Waals surface area contributed by atoms with Crippen molar-refractivity contribution in [3.8, 4) is 0 Å². The van der Waals surface area contributed by atoms with Crippen LogP contribution in [0.2, 0.25) is 0 Å². The van der Waals surface area contributed by atoms with Crippen molar-refractivity contribution in [2.75, 3.05) is 27.2 Å². The van der Waals surface area contributed by atoms with Gasteiger partial charge >= 0.3 is 6.03 Å².